The molecule has 5 heteroatoms. The van der Waals surface area contributed by atoms with Crippen molar-refractivity contribution >= 4 is 22.6 Å². The predicted octanol–water partition coefficient (Wildman–Crippen LogP) is 2.08. The fourth-order valence-corrected chi connectivity index (χ4v) is 1.85. The lowest BCUT2D eigenvalue weighted by atomic mass is 10.1. The zero-order valence-corrected chi connectivity index (χ0v) is 10.9. The smallest absolute Gasteiger partial charge is 0.336 e. The van der Waals surface area contributed by atoms with Crippen molar-refractivity contribution in [1.29, 1.82) is 0 Å². The van der Waals surface area contributed by atoms with Crippen LogP contribution in [0.2, 0.25) is 0 Å². The number of hydrogen-bond acceptors (Lipinski definition) is 5. The molecule has 0 aliphatic carbocycles. The lowest BCUT2D eigenvalue weighted by Gasteiger charge is -2.07. The maximum atomic E-state index is 11.3. The van der Waals surface area contributed by atoms with Crippen LogP contribution >= 0.6 is 0 Å². The van der Waals surface area contributed by atoms with Gasteiger partial charge >= 0.3 is 11.6 Å². The molecule has 0 radical (unpaired) electrons. The molecule has 1 aromatic carbocycles. The number of carbonyl (C=O) groups excluding carboxylic acids is 1. The molecule has 100 valence electrons. The molecular formula is C14H15NO4. The summed E-state index contributed by atoms with van der Waals surface area (Å²) >= 11 is 0. The van der Waals surface area contributed by atoms with Gasteiger partial charge < -0.3 is 14.5 Å². The van der Waals surface area contributed by atoms with Crippen molar-refractivity contribution in [2.24, 2.45) is 0 Å². The summed E-state index contributed by atoms with van der Waals surface area (Å²) in [5.41, 5.74) is 1.85. The second-order valence-corrected chi connectivity index (χ2v) is 4.21. The fraction of sp³-hybridized carbons (Fsp3) is 0.286. The third-order valence-corrected chi connectivity index (χ3v) is 2.84. The van der Waals surface area contributed by atoms with E-state index in [1.54, 1.807) is 6.07 Å². The second kappa shape index (κ2) is 5.56. The van der Waals surface area contributed by atoms with Crippen LogP contribution in [-0.2, 0) is 9.53 Å². The molecule has 0 saturated heterocycles. The van der Waals surface area contributed by atoms with E-state index in [2.05, 4.69) is 10.1 Å². The highest BCUT2D eigenvalue weighted by Crippen LogP contribution is 2.20. The van der Waals surface area contributed by atoms with Crippen LogP contribution in [0.4, 0.5) is 5.69 Å². The van der Waals surface area contributed by atoms with Crippen molar-refractivity contribution < 1.29 is 13.9 Å². The van der Waals surface area contributed by atoms with Gasteiger partial charge in [-0.2, -0.15) is 0 Å². The first-order chi connectivity index (χ1) is 9.10. The molecule has 2 aromatic rings. The van der Waals surface area contributed by atoms with Gasteiger partial charge in [0.15, 0.2) is 0 Å². The number of carbonyl (C=O) groups is 1. The maximum absolute atomic E-state index is 11.3. The summed E-state index contributed by atoms with van der Waals surface area (Å²) in [5.74, 6) is -0.268. The van der Waals surface area contributed by atoms with E-state index in [1.165, 1.54) is 13.2 Å². The third kappa shape index (κ3) is 3.13. The Morgan fingerprint density at radius 1 is 1.37 bits per heavy atom. The van der Waals surface area contributed by atoms with Crippen molar-refractivity contribution in [3.8, 4) is 0 Å². The molecule has 5 nitrogen and oxygen atoms in total. The monoisotopic (exact) mass is 261 g/mol. The minimum Gasteiger partial charge on any atom is -0.469 e. The Labute approximate surface area is 110 Å². The Balaban J connectivity index is 2.17. The quantitative estimate of drug-likeness (QED) is 0.674. The SMILES string of the molecule is COC(=O)CCNc1ccc2c(C)cc(=O)oc2c1. The molecule has 19 heavy (non-hydrogen) atoms. The van der Waals surface area contributed by atoms with Gasteiger partial charge in [0.05, 0.1) is 13.5 Å². The highest BCUT2D eigenvalue weighted by atomic mass is 16.5. The molecule has 0 fully saturated rings. The first-order valence-corrected chi connectivity index (χ1v) is 5.95. The normalized spacial score (nSPS) is 10.4. The van der Waals surface area contributed by atoms with E-state index in [4.69, 9.17) is 4.42 Å². The summed E-state index contributed by atoms with van der Waals surface area (Å²) in [6.07, 6.45) is 0.284. The molecule has 1 N–H and O–H groups in total. The predicted molar refractivity (Wildman–Crippen MR) is 72.3 cm³/mol. The first kappa shape index (κ1) is 13.1. The maximum Gasteiger partial charge on any atom is 0.336 e. The Hall–Kier alpha value is -2.30. The number of ether oxygens (including phenoxy) is 1. The van der Waals surface area contributed by atoms with Crippen molar-refractivity contribution in [1.82, 2.24) is 0 Å². The number of esters is 1. The van der Waals surface area contributed by atoms with Crippen LogP contribution < -0.4 is 10.9 Å². The summed E-state index contributed by atoms with van der Waals surface area (Å²) in [7, 11) is 1.36. The van der Waals surface area contributed by atoms with Crippen molar-refractivity contribution in [3.63, 3.8) is 0 Å². The molecule has 0 bridgehead atoms. The Morgan fingerprint density at radius 3 is 2.89 bits per heavy atom. The molecule has 0 aliphatic rings. The first-order valence-electron chi connectivity index (χ1n) is 5.95. The fourth-order valence-electron chi connectivity index (χ4n) is 1.85. The van der Waals surface area contributed by atoms with Crippen LogP contribution in [-0.4, -0.2) is 19.6 Å². The topological polar surface area (TPSA) is 68.5 Å². The van der Waals surface area contributed by atoms with Crippen LogP contribution in [0.5, 0.6) is 0 Å². The zero-order valence-electron chi connectivity index (χ0n) is 10.9. The zero-order chi connectivity index (χ0) is 13.8. The summed E-state index contributed by atoms with van der Waals surface area (Å²) in [5, 5.41) is 3.98. The lowest BCUT2D eigenvalue weighted by molar-refractivity contribution is -0.140. The summed E-state index contributed by atoms with van der Waals surface area (Å²) < 4.78 is 9.70. The van der Waals surface area contributed by atoms with Crippen molar-refractivity contribution in [2.75, 3.05) is 19.0 Å². The molecule has 1 heterocycles. The molecule has 0 spiro atoms. The highest BCUT2D eigenvalue weighted by molar-refractivity contribution is 5.83. The Bertz CT molecular complexity index is 660. The van der Waals surface area contributed by atoms with Gasteiger partial charge in [0.25, 0.3) is 0 Å². The highest BCUT2D eigenvalue weighted by Gasteiger charge is 2.04. The molecule has 0 saturated carbocycles. The molecule has 0 atom stereocenters. The molecule has 1 aromatic heterocycles. The van der Waals surface area contributed by atoms with E-state index < -0.39 is 0 Å². The number of nitrogens with one attached hydrogen (secondary N) is 1. The van der Waals surface area contributed by atoms with E-state index in [1.807, 2.05) is 19.1 Å². The average molecular weight is 261 g/mol. The van der Waals surface area contributed by atoms with E-state index in [0.717, 1.165) is 16.6 Å². The van der Waals surface area contributed by atoms with Crippen LogP contribution in [0.1, 0.15) is 12.0 Å². The van der Waals surface area contributed by atoms with Gasteiger partial charge in [0.2, 0.25) is 0 Å². The Kier molecular flexibility index (Phi) is 3.85. The van der Waals surface area contributed by atoms with Gasteiger partial charge in [-0.15, -0.1) is 0 Å². The van der Waals surface area contributed by atoms with Crippen LogP contribution in [0.15, 0.2) is 33.5 Å². The average Bonchev–Trinajstić information content (AvgIpc) is 2.37. The van der Waals surface area contributed by atoms with E-state index in [9.17, 15) is 9.59 Å². The summed E-state index contributed by atoms with van der Waals surface area (Å²) in [4.78, 5) is 22.3. The number of hydrogen-bond donors (Lipinski definition) is 1. The molecule has 2 rings (SSSR count). The lowest BCUT2D eigenvalue weighted by Crippen LogP contribution is -2.09. The number of fused-ring (bicyclic) bond motifs is 1. The minimum absolute atomic E-state index is 0.268. The van der Waals surface area contributed by atoms with E-state index >= 15 is 0 Å². The summed E-state index contributed by atoms with van der Waals surface area (Å²) in [6, 6.07) is 6.98. The molecule has 0 aliphatic heterocycles. The van der Waals surface area contributed by atoms with E-state index in [0.29, 0.717) is 12.1 Å². The number of rotatable bonds is 4. The van der Waals surface area contributed by atoms with Gasteiger partial charge in [0, 0.05) is 29.8 Å². The largest absolute Gasteiger partial charge is 0.469 e. The standard InChI is InChI=1S/C14H15NO4/c1-9-7-14(17)19-12-8-10(3-4-11(9)12)15-6-5-13(16)18-2/h3-4,7-8,15H,5-6H2,1-2H3. The summed E-state index contributed by atoms with van der Waals surface area (Å²) in [6.45, 7) is 2.33. The van der Waals surface area contributed by atoms with Gasteiger partial charge in [-0.25, -0.2) is 4.79 Å². The number of methoxy groups -OCH3 is 1. The number of aryl methyl sites for hydroxylation is 1. The van der Waals surface area contributed by atoms with Crippen molar-refractivity contribution in [2.45, 2.75) is 13.3 Å². The number of benzene rings is 1. The van der Waals surface area contributed by atoms with Crippen LogP contribution in [0, 0.1) is 6.92 Å². The van der Waals surface area contributed by atoms with E-state index in [-0.39, 0.29) is 18.0 Å². The van der Waals surface area contributed by atoms with Crippen LogP contribution in [0.3, 0.4) is 0 Å². The van der Waals surface area contributed by atoms with Crippen LogP contribution in [0.25, 0.3) is 11.0 Å². The number of anilines is 1. The van der Waals surface area contributed by atoms with Crippen molar-refractivity contribution in [3.05, 3.63) is 40.2 Å². The van der Waals surface area contributed by atoms with Gasteiger partial charge in [-0.05, 0) is 24.6 Å². The van der Waals surface area contributed by atoms with Gasteiger partial charge in [-0.3, -0.25) is 4.79 Å². The Morgan fingerprint density at radius 2 is 2.16 bits per heavy atom. The van der Waals surface area contributed by atoms with Gasteiger partial charge in [-0.1, -0.05) is 0 Å². The second-order valence-electron chi connectivity index (χ2n) is 4.21. The molecular weight excluding hydrogens is 246 g/mol. The molecule has 0 unspecified atom stereocenters. The third-order valence-electron chi connectivity index (χ3n) is 2.84. The minimum atomic E-state index is -0.364. The van der Waals surface area contributed by atoms with Gasteiger partial charge in [0.1, 0.15) is 5.58 Å². The molecule has 0 amide bonds.